The molecule has 2 N–H and O–H groups in total. The van der Waals surface area contributed by atoms with Crippen molar-refractivity contribution in [3.63, 3.8) is 0 Å². The number of likely N-dealkylation sites (tertiary alicyclic amines) is 1. The molecule has 0 bridgehead atoms. The first-order chi connectivity index (χ1) is 17.4. The number of rotatable bonds is 6. The molecule has 12 heteroatoms. The Kier molecular flexibility index (Phi) is 7.31. The first-order valence-electron chi connectivity index (χ1n) is 12.1. The van der Waals surface area contributed by atoms with Gasteiger partial charge in [0.25, 0.3) is 5.91 Å². The highest BCUT2D eigenvalue weighted by Gasteiger charge is 2.32. The van der Waals surface area contributed by atoms with Gasteiger partial charge >= 0.3 is 0 Å². The summed E-state index contributed by atoms with van der Waals surface area (Å²) in [6.07, 6.45) is 4.22. The van der Waals surface area contributed by atoms with E-state index < -0.39 is 11.0 Å². The second-order valence-corrected chi connectivity index (χ2v) is 10.5. The summed E-state index contributed by atoms with van der Waals surface area (Å²) in [5, 5.41) is 8.56. The maximum atomic E-state index is 13.8. The largest absolute Gasteiger partial charge is 0.378 e. The van der Waals surface area contributed by atoms with E-state index in [-0.39, 0.29) is 11.9 Å². The number of piperidine rings is 1. The molecule has 192 valence electrons. The number of amides is 1. The number of nitrogens with zero attached hydrogens (tertiary/aromatic N) is 5. The van der Waals surface area contributed by atoms with Gasteiger partial charge in [0.1, 0.15) is 22.6 Å². The lowest BCUT2D eigenvalue weighted by atomic mass is 9.98. The number of morpholine rings is 1. The summed E-state index contributed by atoms with van der Waals surface area (Å²) >= 11 is 6.25. The van der Waals surface area contributed by atoms with E-state index in [1.807, 2.05) is 28.6 Å². The van der Waals surface area contributed by atoms with Crippen LogP contribution in [-0.4, -0.2) is 75.8 Å². The number of carbonyl (C=O) groups is 1. The first kappa shape index (κ1) is 24.8. The van der Waals surface area contributed by atoms with Crippen LogP contribution in [0.5, 0.6) is 0 Å². The molecule has 4 heterocycles. The van der Waals surface area contributed by atoms with E-state index in [9.17, 15) is 9.00 Å². The van der Waals surface area contributed by atoms with Crippen LogP contribution in [0, 0.1) is 0 Å². The van der Waals surface area contributed by atoms with Crippen LogP contribution in [0.1, 0.15) is 41.4 Å². The molecule has 1 aromatic carbocycles. The van der Waals surface area contributed by atoms with E-state index in [0.717, 1.165) is 55.3 Å². The van der Waals surface area contributed by atoms with Crippen molar-refractivity contribution in [3.05, 3.63) is 46.6 Å². The lowest BCUT2D eigenvalue weighted by Crippen LogP contribution is -2.39. The second kappa shape index (κ2) is 10.6. The van der Waals surface area contributed by atoms with Gasteiger partial charge in [0, 0.05) is 50.1 Å². The van der Waals surface area contributed by atoms with Crippen molar-refractivity contribution >= 4 is 51.5 Å². The molecule has 3 aromatic rings. The highest BCUT2D eigenvalue weighted by Crippen LogP contribution is 2.35. The van der Waals surface area contributed by atoms with Crippen LogP contribution >= 0.6 is 11.6 Å². The maximum Gasteiger partial charge on any atom is 0.256 e. The quantitative estimate of drug-likeness (QED) is 0.502. The Morgan fingerprint density at radius 1 is 1.17 bits per heavy atom. The molecule has 0 aliphatic carbocycles. The number of hydrogen-bond acceptors (Lipinski definition) is 7. The van der Waals surface area contributed by atoms with E-state index in [4.69, 9.17) is 26.4 Å². The van der Waals surface area contributed by atoms with E-state index in [1.165, 1.54) is 6.26 Å². The van der Waals surface area contributed by atoms with Gasteiger partial charge in [0.2, 0.25) is 0 Å². The summed E-state index contributed by atoms with van der Waals surface area (Å²) in [4.78, 5) is 22.6. The van der Waals surface area contributed by atoms with Gasteiger partial charge in [0.05, 0.1) is 36.2 Å². The highest BCUT2D eigenvalue weighted by molar-refractivity contribution is 7.85. The molecule has 2 unspecified atom stereocenters. The van der Waals surface area contributed by atoms with Crippen LogP contribution in [0.15, 0.2) is 30.3 Å². The minimum atomic E-state index is -1.33. The summed E-state index contributed by atoms with van der Waals surface area (Å²) in [5.74, 6) is 1.54. The van der Waals surface area contributed by atoms with Crippen molar-refractivity contribution in [2.45, 2.75) is 25.3 Å². The Morgan fingerprint density at radius 3 is 2.72 bits per heavy atom. The number of ether oxygens (including phenoxy) is 1. The van der Waals surface area contributed by atoms with Crippen LogP contribution in [0.25, 0.3) is 5.65 Å². The van der Waals surface area contributed by atoms with Gasteiger partial charge in [-0.25, -0.2) is 9.19 Å². The SMILES string of the molecule is CNc1cc(N2CCOCC2)n2nc(C3CCCCN3C(=O)c3cc(Cl)ccc3NS(C)=O)cc2n1. The average molecular weight is 532 g/mol. The molecular weight excluding hydrogens is 502 g/mol. The Hall–Kier alpha value is -2.89. The number of fused-ring (bicyclic) bond motifs is 1. The molecule has 2 fully saturated rings. The van der Waals surface area contributed by atoms with Gasteiger partial charge in [-0.1, -0.05) is 11.6 Å². The van der Waals surface area contributed by atoms with Gasteiger partial charge in [-0.3, -0.25) is 4.79 Å². The summed E-state index contributed by atoms with van der Waals surface area (Å²) in [6, 6.07) is 8.77. The number of hydrogen-bond donors (Lipinski definition) is 2. The molecule has 1 amide bonds. The normalized spacial score (nSPS) is 19.4. The molecule has 36 heavy (non-hydrogen) atoms. The molecule has 2 atom stereocenters. The van der Waals surface area contributed by atoms with Crippen molar-refractivity contribution in [2.24, 2.45) is 0 Å². The Bertz CT molecular complexity index is 1290. The summed E-state index contributed by atoms with van der Waals surface area (Å²) in [5.41, 5.74) is 2.43. The predicted octanol–water partition coefficient (Wildman–Crippen LogP) is 3.33. The van der Waals surface area contributed by atoms with Crippen molar-refractivity contribution in [1.82, 2.24) is 19.5 Å². The Labute approximate surface area is 217 Å². The molecule has 0 spiro atoms. The smallest absolute Gasteiger partial charge is 0.256 e. The zero-order valence-corrected chi connectivity index (χ0v) is 21.9. The van der Waals surface area contributed by atoms with Crippen molar-refractivity contribution in [2.75, 3.05) is 61.1 Å². The number of halogens is 1. The summed E-state index contributed by atoms with van der Waals surface area (Å²) < 4.78 is 22.1. The van der Waals surface area contributed by atoms with Crippen molar-refractivity contribution in [1.29, 1.82) is 0 Å². The predicted molar refractivity (Wildman–Crippen MR) is 142 cm³/mol. The van der Waals surface area contributed by atoms with Crippen LogP contribution in [0.3, 0.4) is 0 Å². The fourth-order valence-electron chi connectivity index (χ4n) is 4.86. The zero-order valence-electron chi connectivity index (χ0n) is 20.4. The van der Waals surface area contributed by atoms with Crippen LogP contribution < -0.4 is 14.9 Å². The van der Waals surface area contributed by atoms with Crippen molar-refractivity contribution < 1.29 is 13.7 Å². The number of anilines is 3. The molecule has 10 nitrogen and oxygen atoms in total. The van der Waals surface area contributed by atoms with Crippen LogP contribution in [0.2, 0.25) is 5.02 Å². The standard InChI is InChI=1S/C24H30ClN7O3S/c1-26-21-15-23(30-9-11-35-12-10-30)32-22(27-21)14-19(28-32)20-5-3-4-8-31(20)24(33)17-13-16(25)6-7-18(17)29-36(2)34/h6-7,13-15,20,29H,3-5,8-12H2,1-2H3,(H,26,27). The third kappa shape index (κ3) is 5.00. The fraction of sp³-hybridized carbons (Fsp3) is 0.458. The number of nitrogens with one attached hydrogen (secondary N) is 2. The molecular formula is C24H30ClN7O3S. The second-order valence-electron chi connectivity index (χ2n) is 8.94. The first-order valence-corrected chi connectivity index (χ1v) is 14.0. The van der Waals surface area contributed by atoms with Gasteiger partial charge in [-0.2, -0.15) is 9.61 Å². The maximum absolute atomic E-state index is 13.8. The molecule has 2 saturated heterocycles. The van der Waals surface area contributed by atoms with Crippen LogP contribution in [-0.2, 0) is 15.7 Å². The lowest BCUT2D eigenvalue weighted by Gasteiger charge is -2.35. The molecule has 5 rings (SSSR count). The van der Waals surface area contributed by atoms with Gasteiger partial charge in [-0.05, 0) is 37.5 Å². The Balaban J connectivity index is 1.53. The minimum Gasteiger partial charge on any atom is -0.378 e. The molecule has 2 aliphatic heterocycles. The number of benzene rings is 1. The molecule has 0 saturated carbocycles. The molecule has 0 radical (unpaired) electrons. The van der Waals surface area contributed by atoms with E-state index in [1.54, 1.807) is 18.2 Å². The minimum absolute atomic E-state index is 0.163. The van der Waals surface area contributed by atoms with Gasteiger partial charge in [0.15, 0.2) is 5.65 Å². The monoisotopic (exact) mass is 531 g/mol. The van der Waals surface area contributed by atoms with E-state index >= 15 is 0 Å². The summed E-state index contributed by atoms with van der Waals surface area (Å²) in [7, 11) is 0.522. The Morgan fingerprint density at radius 2 is 1.97 bits per heavy atom. The van der Waals surface area contributed by atoms with Crippen molar-refractivity contribution in [3.8, 4) is 0 Å². The summed E-state index contributed by atoms with van der Waals surface area (Å²) in [6.45, 7) is 3.47. The van der Waals surface area contributed by atoms with Gasteiger partial charge in [-0.15, -0.1) is 0 Å². The van der Waals surface area contributed by atoms with E-state index in [2.05, 4.69) is 14.9 Å². The van der Waals surface area contributed by atoms with E-state index in [0.29, 0.717) is 36.0 Å². The topological polar surface area (TPSA) is 104 Å². The number of carbonyl (C=O) groups excluding carboxylic acids is 1. The highest BCUT2D eigenvalue weighted by atomic mass is 35.5. The third-order valence-corrected chi connectivity index (χ3v) is 7.33. The average Bonchev–Trinajstić information content (AvgIpc) is 3.33. The van der Waals surface area contributed by atoms with Crippen LogP contribution in [0.4, 0.5) is 17.3 Å². The third-order valence-electron chi connectivity index (χ3n) is 6.59. The lowest BCUT2D eigenvalue weighted by molar-refractivity contribution is 0.0607. The zero-order chi connectivity index (χ0) is 25.2. The number of aromatic nitrogens is 3. The fourth-order valence-corrected chi connectivity index (χ4v) is 5.52. The molecule has 2 aliphatic rings. The molecule has 2 aromatic heterocycles. The van der Waals surface area contributed by atoms with Gasteiger partial charge < -0.3 is 24.6 Å².